The molecule has 4 aliphatic rings. The first-order valence-electron chi connectivity index (χ1n) is 12.9. The van der Waals surface area contributed by atoms with Crippen LogP contribution in [0.4, 0.5) is 0 Å². The van der Waals surface area contributed by atoms with E-state index in [9.17, 15) is 14.7 Å². The summed E-state index contributed by atoms with van der Waals surface area (Å²) in [5, 5.41) is 10.8. The summed E-state index contributed by atoms with van der Waals surface area (Å²) >= 11 is 0. The van der Waals surface area contributed by atoms with Crippen LogP contribution in [0.25, 0.3) is 0 Å². The number of hydrogen-bond donors (Lipinski definition) is 1. The van der Waals surface area contributed by atoms with Gasteiger partial charge in [0.05, 0.1) is 19.1 Å². The van der Waals surface area contributed by atoms with Crippen molar-refractivity contribution in [2.75, 3.05) is 7.11 Å². The molecular weight excluding hydrogens is 400 g/mol. The molecular formula is C28H44O4. The highest BCUT2D eigenvalue weighted by Crippen LogP contribution is 2.72. The third-order valence-corrected chi connectivity index (χ3v) is 11.4. The fourth-order valence-corrected chi connectivity index (χ4v) is 9.24. The van der Waals surface area contributed by atoms with Crippen molar-refractivity contribution in [2.45, 2.75) is 105 Å². The van der Waals surface area contributed by atoms with Crippen LogP contribution in [0, 0.1) is 39.4 Å². The van der Waals surface area contributed by atoms with Crippen molar-refractivity contribution in [3.05, 3.63) is 11.1 Å². The van der Waals surface area contributed by atoms with Crippen LogP contribution >= 0.6 is 0 Å². The van der Waals surface area contributed by atoms with Crippen LogP contribution in [0.2, 0.25) is 0 Å². The molecule has 0 heterocycles. The minimum Gasteiger partial charge on any atom is -0.469 e. The van der Waals surface area contributed by atoms with E-state index in [0.29, 0.717) is 18.8 Å². The van der Waals surface area contributed by atoms with Gasteiger partial charge in [0.15, 0.2) is 0 Å². The van der Waals surface area contributed by atoms with Gasteiger partial charge < -0.3 is 14.6 Å². The number of carbonyl (C=O) groups excluding carboxylic acids is 2. The lowest BCUT2D eigenvalue weighted by atomic mass is 9.43. The molecule has 0 aliphatic heterocycles. The molecule has 4 aliphatic carbocycles. The van der Waals surface area contributed by atoms with Crippen molar-refractivity contribution in [3.63, 3.8) is 0 Å². The number of hydrogen-bond acceptors (Lipinski definition) is 4. The van der Waals surface area contributed by atoms with Crippen molar-refractivity contribution in [2.24, 2.45) is 39.4 Å². The van der Waals surface area contributed by atoms with E-state index in [1.165, 1.54) is 7.11 Å². The van der Waals surface area contributed by atoms with Crippen molar-refractivity contribution in [1.29, 1.82) is 0 Å². The van der Waals surface area contributed by atoms with Gasteiger partial charge in [-0.15, -0.1) is 0 Å². The number of allylic oxidation sites excluding steroid dienone is 2. The molecule has 0 spiro atoms. The molecule has 4 nitrogen and oxygen atoms in total. The van der Waals surface area contributed by atoms with Gasteiger partial charge in [-0.3, -0.25) is 4.79 Å². The Labute approximate surface area is 194 Å². The Bertz CT molecular complexity index is 812. The smallest absolute Gasteiger partial charge is 0.308 e. The normalized spacial score (nSPS) is 43.7. The number of aliphatic hydroxyl groups is 1. The Kier molecular flexibility index (Phi) is 5.96. The third-order valence-electron chi connectivity index (χ3n) is 11.4. The Morgan fingerprint density at radius 2 is 1.78 bits per heavy atom. The highest BCUT2D eigenvalue weighted by molar-refractivity contribution is 5.73. The monoisotopic (exact) mass is 444 g/mol. The molecule has 180 valence electrons. The summed E-state index contributed by atoms with van der Waals surface area (Å²) in [6, 6.07) is 0. The number of ether oxygens (including phenoxy) is 1. The first kappa shape index (κ1) is 24.0. The second-order valence-electron chi connectivity index (χ2n) is 12.6. The van der Waals surface area contributed by atoms with Gasteiger partial charge in [0.25, 0.3) is 0 Å². The molecule has 0 aromatic carbocycles. The summed E-state index contributed by atoms with van der Waals surface area (Å²) in [6.45, 7) is 11.9. The Balaban J connectivity index is 1.73. The van der Waals surface area contributed by atoms with E-state index in [1.807, 2.05) is 0 Å². The number of aldehydes is 1. The number of carbonyl (C=O) groups is 2. The largest absolute Gasteiger partial charge is 0.469 e. The van der Waals surface area contributed by atoms with Gasteiger partial charge >= 0.3 is 5.97 Å². The van der Waals surface area contributed by atoms with Gasteiger partial charge in [-0.1, -0.05) is 45.8 Å². The lowest BCUT2D eigenvalue weighted by Gasteiger charge is -2.62. The zero-order valence-electron chi connectivity index (χ0n) is 21.1. The molecule has 2 fully saturated rings. The topological polar surface area (TPSA) is 63.6 Å². The highest BCUT2D eigenvalue weighted by Gasteiger charge is 2.64. The predicted molar refractivity (Wildman–Crippen MR) is 126 cm³/mol. The summed E-state index contributed by atoms with van der Waals surface area (Å²) in [5.41, 5.74) is 3.66. The lowest BCUT2D eigenvalue weighted by molar-refractivity contribution is -0.150. The molecule has 7 atom stereocenters. The van der Waals surface area contributed by atoms with Gasteiger partial charge in [-0.25, -0.2) is 0 Å². The Morgan fingerprint density at radius 1 is 1.06 bits per heavy atom. The van der Waals surface area contributed by atoms with E-state index < -0.39 is 0 Å². The van der Waals surface area contributed by atoms with E-state index in [-0.39, 0.29) is 45.6 Å². The van der Waals surface area contributed by atoms with Gasteiger partial charge in [0, 0.05) is 6.42 Å². The molecule has 2 saturated carbocycles. The molecule has 0 radical (unpaired) electrons. The standard InChI is InChI=1S/C28H44O4/c1-25(2)22-10-9-21-20(26(22,3)14-13-23(25)30)12-16-27(4)19(11-15-28(21,27)5)18(8-7-17-29)24(31)32-6/h17-19,22-23,30H,7-16H2,1-6H3. The predicted octanol–water partition coefficient (Wildman–Crippen LogP) is 5.86. The van der Waals surface area contributed by atoms with Gasteiger partial charge in [0.1, 0.15) is 6.29 Å². The van der Waals surface area contributed by atoms with Gasteiger partial charge in [-0.05, 0) is 91.3 Å². The zero-order valence-corrected chi connectivity index (χ0v) is 21.1. The van der Waals surface area contributed by atoms with Crippen LogP contribution < -0.4 is 0 Å². The molecule has 0 aromatic heterocycles. The van der Waals surface area contributed by atoms with Gasteiger partial charge in [0.2, 0.25) is 0 Å². The molecule has 0 amide bonds. The first-order chi connectivity index (χ1) is 15.0. The molecule has 7 unspecified atom stereocenters. The molecule has 4 heteroatoms. The summed E-state index contributed by atoms with van der Waals surface area (Å²) in [4.78, 5) is 23.9. The molecule has 4 rings (SSSR count). The van der Waals surface area contributed by atoms with Crippen molar-refractivity contribution < 1.29 is 19.4 Å². The van der Waals surface area contributed by atoms with E-state index >= 15 is 0 Å². The first-order valence-corrected chi connectivity index (χ1v) is 12.9. The van der Waals surface area contributed by atoms with E-state index in [2.05, 4.69) is 34.6 Å². The average Bonchev–Trinajstić information content (AvgIpc) is 3.03. The number of fused-ring (bicyclic) bond motifs is 4. The highest BCUT2D eigenvalue weighted by atomic mass is 16.5. The maximum atomic E-state index is 12.8. The zero-order chi connectivity index (χ0) is 23.5. The van der Waals surface area contributed by atoms with Crippen LogP contribution in [0.3, 0.4) is 0 Å². The maximum Gasteiger partial charge on any atom is 0.308 e. The molecule has 1 N–H and O–H groups in total. The lowest BCUT2D eigenvalue weighted by Crippen LogP contribution is -2.55. The minimum atomic E-state index is -0.207. The quantitative estimate of drug-likeness (QED) is 0.327. The molecule has 32 heavy (non-hydrogen) atoms. The van der Waals surface area contributed by atoms with Crippen molar-refractivity contribution >= 4 is 12.3 Å². The number of rotatable bonds is 5. The number of aliphatic hydroxyl groups excluding tert-OH is 1. The van der Waals surface area contributed by atoms with Crippen LogP contribution in [-0.2, 0) is 14.3 Å². The number of methoxy groups -OCH3 is 1. The second-order valence-corrected chi connectivity index (χ2v) is 12.6. The number of esters is 1. The van der Waals surface area contributed by atoms with E-state index in [4.69, 9.17) is 4.74 Å². The van der Waals surface area contributed by atoms with Crippen LogP contribution in [-0.4, -0.2) is 30.6 Å². The third kappa shape index (κ3) is 3.11. The molecule has 0 bridgehead atoms. The summed E-state index contributed by atoms with van der Waals surface area (Å²) in [7, 11) is 1.48. The SMILES string of the molecule is COC(=O)C(CCC=O)C1CCC2(C)C3=C(CCC12C)C1(C)CCC(O)C(C)(C)C1CC3. The van der Waals surface area contributed by atoms with E-state index in [0.717, 1.165) is 57.7 Å². The second kappa shape index (κ2) is 7.96. The van der Waals surface area contributed by atoms with Crippen LogP contribution in [0.15, 0.2) is 11.1 Å². The fourth-order valence-electron chi connectivity index (χ4n) is 9.24. The molecule has 0 aromatic rings. The van der Waals surface area contributed by atoms with Crippen LogP contribution in [0.5, 0.6) is 0 Å². The van der Waals surface area contributed by atoms with Crippen molar-refractivity contribution in [3.8, 4) is 0 Å². The fraction of sp³-hybridized carbons (Fsp3) is 0.857. The average molecular weight is 445 g/mol. The minimum absolute atomic E-state index is 0.0454. The summed E-state index contributed by atoms with van der Waals surface area (Å²) in [5.74, 6) is 0.470. The Hall–Kier alpha value is -1.16. The van der Waals surface area contributed by atoms with Crippen LogP contribution in [0.1, 0.15) is 98.8 Å². The Morgan fingerprint density at radius 3 is 2.44 bits per heavy atom. The van der Waals surface area contributed by atoms with Crippen molar-refractivity contribution in [1.82, 2.24) is 0 Å². The summed E-state index contributed by atoms with van der Waals surface area (Å²) < 4.78 is 5.22. The van der Waals surface area contributed by atoms with Gasteiger partial charge in [-0.2, -0.15) is 0 Å². The van der Waals surface area contributed by atoms with E-state index in [1.54, 1.807) is 11.1 Å². The summed E-state index contributed by atoms with van der Waals surface area (Å²) in [6.07, 6.45) is 10.4. The molecule has 0 saturated heterocycles. The maximum absolute atomic E-state index is 12.8.